The van der Waals surface area contributed by atoms with E-state index in [0.717, 1.165) is 27.0 Å². The van der Waals surface area contributed by atoms with Gasteiger partial charge in [-0.2, -0.15) is 0 Å². The third-order valence-electron chi connectivity index (χ3n) is 3.23. The first-order valence-corrected chi connectivity index (χ1v) is 8.57. The molecular formula is C16H15Br2ClO. The Morgan fingerprint density at radius 2 is 2.00 bits per heavy atom. The highest BCUT2D eigenvalue weighted by molar-refractivity contribution is 9.10. The predicted molar refractivity (Wildman–Crippen MR) is 92.4 cm³/mol. The zero-order valence-electron chi connectivity index (χ0n) is 11.1. The molecule has 106 valence electrons. The van der Waals surface area contributed by atoms with Crippen molar-refractivity contribution >= 4 is 43.5 Å². The van der Waals surface area contributed by atoms with E-state index in [-0.39, 0.29) is 0 Å². The number of rotatable bonds is 5. The second-order valence-corrected chi connectivity index (χ2v) is 6.51. The Morgan fingerprint density at radius 1 is 1.20 bits per heavy atom. The molecule has 20 heavy (non-hydrogen) atoms. The van der Waals surface area contributed by atoms with Gasteiger partial charge in [0.05, 0.1) is 7.11 Å². The molecular weight excluding hydrogens is 403 g/mol. The molecule has 0 spiro atoms. The Kier molecular flexibility index (Phi) is 5.94. The number of halogens is 3. The first-order valence-electron chi connectivity index (χ1n) is 6.28. The zero-order valence-corrected chi connectivity index (χ0v) is 15.0. The van der Waals surface area contributed by atoms with Crippen molar-refractivity contribution in [1.29, 1.82) is 0 Å². The van der Waals surface area contributed by atoms with E-state index >= 15 is 0 Å². The topological polar surface area (TPSA) is 9.23 Å². The van der Waals surface area contributed by atoms with Gasteiger partial charge in [-0.3, -0.25) is 0 Å². The van der Waals surface area contributed by atoms with Crippen LogP contribution in [0, 0.1) is 0 Å². The summed E-state index contributed by atoms with van der Waals surface area (Å²) in [6.45, 7) is 0. The molecule has 0 saturated carbocycles. The summed E-state index contributed by atoms with van der Waals surface area (Å²) < 4.78 is 6.40. The largest absolute Gasteiger partial charge is 0.497 e. The number of hydrogen-bond donors (Lipinski definition) is 0. The lowest BCUT2D eigenvalue weighted by molar-refractivity contribution is 0.414. The van der Waals surface area contributed by atoms with Crippen molar-refractivity contribution in [2.24, 2.45) is 0 Å². The third kappa shape index (κ3) is 4.00. The van der Waals surface area contributed by atoms with Crippen LogP contribution in [0.25, 0.3) is 0 Å². The smallest absolute Gasteiger partial charge is 0.119 e. The number of methoxy groups -OCH3 is 1. The summed E-state index contributed by atoms with van der Waals surface area (Å²) in [5.41, 5.74) is 2.47. The van der Waals surface area contributed by atoms with Gasteiger partial charge in [0.15, 0.2) is 0 Å². The maximum absolute atomic E-state index is 6.08. The van der Waals surface area contributed by atoms with Gasteiger partial charge in [0.25, 0.3) is 0 Å². The number of benzene rings is 2. The number of alkyl halides is 1. The van der Waals surface area contributed by atoms with Crippen molar-refractivity contribution in [3.05, 3.63) is 63.1 Å². The van der Waals surface area contributed by atoms with Crippen LogP contribution in [0.1, 0.15) is 17.0 Å². The van der Waals surface area contributed by atoms with Gasteiger partial charge in [-0.1, -0.05) is 55.6 Å². The predicted octanol–water partition coefficient (Wildman–Crippen LogP) is 5.83. The van der Waals surface area contributed by atoms with Gasteiger partial charge < -0.3 is 4.74 Å². The normalized spacial score (nSPS) is 12.2. The Hall–Kier alpha value is -0.510. The molecule has 4 heteroatoms. The first kappa shape index (κ1) is 15.9. The molecule has 0 N–H and O–H groups in total. The molecule has 0 fully saturated rings. The van der Waals surface area contributed by atoms with Crippen LogP contribution in [0.2, 0.25) is 5.02 Å². The van der Waals surface area contributed by atoms with Crippen molar-refractivity contribution < 1.29 is 4.74 Å². The highest BCUT2D eigenvalue weighted by Crippen LogP contribution is 2.30. The summed E-state index contributed by atoms with van der Waals surface area (Å²) in [6, 6.07) is 14.1. The summed E-state index contributed by atoms with van der Waals surface area (Å²) >= 11 is 13.3. The SMILES string of the molecule is COc1ccc(Br)c(CC(CBr)c2cccc(Cl)c2)c1. The summed E-state index contributed by atoms with van der Waals surface area (Å²) in [5, 5.41) is 1.66. The minimum Gasteiger partial charge on any atom is -0.497 e. The van der Waals surface area contributed by atoms with Crippen LogP contribution in [0.3, 0.4) is 0 Å². The molecule has 0 bridgehead atoms. The molecule has 0 aromatic heterocycles. The monoisotopic (exact) mass is 416 g/mol. The zero-order chi connectivity index (χ0) is 14.5. The summed E-state index contributed by atoms with van der Waals surface area (Å²) in [6.07, 6.45) is 0.920. The van der Waals surface area contributed by atoms with Crippen LogP contribution in [0.4, 0.5) is 0 Å². The maximum atomic E-state index is 6.08. The minimum absolute atomic E-state index is 0.372. The van der Waals surface area contributed by atoms with E-state index in [9.17, 15) is 0 Å². The Morgan fingerprint density at radius 3 is 2.65 bits per heavy atom. The molecule has 0 heterocycles. The third-order valence-corrected chi connectivity index (χ3v) is 5.02. The first-order chi connectivity index (χ1) is 9.63. The fraction of sp³-hybridized carbons (Fsp3) is 0.250. The molecule has 2 aromatic carbocycles. The van der Waals surface area contributed by atoms with Gasteiger partial charge in [-0.25, -0.2) is 0 Å². The van der Waals surface area contributed by atoms with Crippen LogP contribution in [-0.2, 0) is 6.42 Å². The van der Waals surface area contributed by atoms with Gasteiger partial charge in [-0.15, -0.1) is 0 Å². The molecule has 0 radical (unpaired) electrons. The Balaban J connectivity index is 2.26. The average Bonchev–Trinajstić information content (AvgIpc) is 2.46. The fourth-order valence-corrected chi connectivity index (χ4v) is 3.33. The van der Waals surface area contributed by atoms with E-state index in [4.69, 9.17) is 16.3 Å². The van der Waals surface area contributed by atoms with E-state index in [1.165, 1.54) is 11.1 Å². The molecule has 0 amide bonds. The maximum Gasteiger partial charge on any atom is 0.119 e. The second-order valence-electron chi connectivity index (χ2n) is 4.57. The van der Waals surface area contributed by atoms with Gasteiger partial charge in [0.2, 0.25) is 0 Å². The molecule has 2 aromatic rings. The quantitative estimate of drug-likeness (QED) is 0.555. The van der Waals surface area contributed by atoms with Crippen molar-refractivity contribution in [2.75, 3.05) is 12.4 Å². The van der Waals surface area contributed by atoms with Crippen LogP contribution in [0.15, 0.2) is 46.9 Å². The van der Waals surface area contributed by atoms with Crippen molar-refractivity contribution in [3.63, 3.8) is 0 Å². The average molecular weight is 419 g/mol. The molecule has 1 atom stereocenters. The van der Waals surface area contributed by atoms with Crippen LogP contribution < -0.4 is 4.74 Å². The van der Waals surface area contributed by atoms with Gasteiger partial charge in [-0.05, 0) is 53.8 Å². The second kappa shape index (κ2) is 7.48. The molecule has 1 unspecified atom stereocenters. The highest BCUT2D eigenvalue weighted by atomic mass is 79.9. The van der Waals surface area contributed by atoms with Crippen molar-refractivity contribution in [1.82, 2.24) is 0 Å². The van der Waals surface area contributed by atoms with E-state index in [1.807, 2.05) is 30.3 Å². The summed E-state index contributed by atoms with van der Waals surface area (Å²) in [5.74, 6) is 1.25. The lowest BCUT2D eigenvalue weighted by Gasteiger charge is -2.16. The number of ether oxygens (including phenoxy) is 1. The highest BCUT2D eigenvalue weighted by Gasteiger charge is 2.14. The Bertz CT molecular complexity index is 586. The van der Waals surface area contributed by atoms with E-state index < -0.39 is 0 Å². The van der Waals surface area contributed by atoms with E-state index in [1.54, 1.807) is 7.11 Å². The van der Waals surface area contributed by atoms with Crippen LogP contribution in [0.5, 0.6) is 5.75 Å². The van der Waals surface area contributed by atoms with Crippen molar-refractivity contribution in [2.45, 2.75) is 12.3 Å². The van der Waals surface area contributed by atoms with Gasteiger partial charge in [0, 0.05) is 14.8 Å². The fourth-order valence-electron chi connectivity index (χ4n) is 2.12. The number of hydrogen-bond acceptors (Lipinski definition) is 1. The van der Waals surface area contributed by atoms with Gasteiger partial charge in [0.1, 0.15) is 5.75 Å². The Labute approximate surface area is 141 Å². The standard InChI is InChI=1S/C16H15Br2ClO/c1-20-15-5-6-16(18)12(9-15)7-13(10-17)11-3-2-4-14(19)8-11/h2-6,8-9,13H,7,10H2,1H3. The molecule has 1 nitrogen and oxygen atoms in total. The van der Waals surface area contributed by atoms with Gasteiger partial charge >= 0.3 is 0 Å². The summed E-state index contributed by atoms with van der Waals surface area (Å²) in [7, 11) is 1.69. The molecule has 0 aliphatic carbocycles. The van der Waals surface area contributed by atoms with Crippen LogP contribution >= 0.6 is 43.5 Å². The van der Waals surface area contributed by atoms with Crippen LogP contribution in [-0.4, -0.2) is 12.4 Å². The van der Waals surface area contributed by atoms with Crippen molar-refractivity contribution in [3.8, 4) is 5.75 Å². The van der Waals surface area contributed by atoms with E-state index in [0.29, 0.717) is 5.92 Å². The molecule has 0 aliphatic rings. The summed E-state index contributed by atoms with van der Waals surface area (Å²) in [4.78, 5) is 0. The molecule has 0 aliphatic heterocycles. The minimum atomic E-state index is 0.372. The molecule has 2 rings (SSSR count). The lowest BCUT2D eigenvalue weighted by atomic mass is 9.93. The lowest BCUT2D eigenvalue weighted by Crippen LogP contribution is -2.05. The molecule has 0 saturated heterocycles. The van der Waals surface area contributed by atoms with E-state index in [2.05, 4.69) is 44.0 Å².